The van der Waals surface area contributed by atoms with E-state index in [1.54, 1.807) is 62.3 Å². The van der Waals surface area contributed by atoms with Crippen LogP contribution in [0.3, 0.4) is 0 Å². The van der Waals surface area contributed by atoms with Gasteiger partial charge in [0, 0.05) is 13.1 Å². The predicted octanol–water partition coefficient (Wildman–Crippen LogP) is 5.41. The molecule has 6 rings (SSSR count). The maximum Gasteiger partial charge on any atom is 0.410 e. The molecule has 6 aliphatic rings. The van der Waals surface area contributed by atoms with Crippen molar-refractivity contribution in [2.45, 2.75) is 173 Å². The van der Waals surface area contributed by atoms with Crippen LogP contribution in [-0.2, 0) is 28.6 Å². The van der Waals surface area contributed by atoms with E-state index in [0.717, 1.165) is 4.90 Å². The summed E-state index contributed by atoms with van der Waals surface area (Å²) in [6, 6.07) is -3.74. The first-order valence-electron chi connectivity index (χ1n) is 19.0. The van der Waals surface area contributed by atoms with Gasteiger partial charge >= 0.3 is 30.5 Å². The number of likely N-dealkylation sites (tertiary alicyclic amines) is 2. The number of esters is 1. The van der Waals surface area contributed by atoms with Gasteiger partial charge in [0.15, 0.2) is 0 Å². The molecule has 0 saturated carbocycles. The molecule has 4 amide bonds. The lowest BCUT2D eigenvalue weighted by molar-refractivity contribution is -0.171. The molecule has 0 aromatic carbocycles. The zero-order valence-corrected chi connectivity index (χ0v) is 33.2. The maximum absolute atomic E-state index is 13.0. The smallest absolute Gasteiger partial charge is 0.410 e. The van der Waals surface area contributed by atoms with Crippen molar-refractivity contribution in [3.05, 3.63) is 0 Å². The number of piperidine rings is 4. The Morgan fingerprint density at radius 1 is 0.589 bits per heavy atom. The Hall–Kier alpha value is -3.51. The van der Waals surface area contributed by atoms with Crippen molar-refractivity contribution >= 4 is 30.0 Å². The molecule has 56 heavy (non-hydrogen) atoms. The Kier molecular flexibility index (Phi) is 11.4. The number of ether oxygens (including phenoxy) is 3. The molecule has 19 heteroatoms. The number of aliphatic hydroxyl groups excluding tert-OH is 1. The molecule has 13 nitrogen and oxygen atoms in total. The van der Waals surface area contributed by atoms with Crippen molar-refractivity contribution < 1.29 is 69.6 Å². The molecule has 0 radical (unpaired) electrons. The first-order valence-corrected chi connectivity index (χ1v) is 19.0. The van der Waals surface area contributed by atoms with Crippen molar-refractivity contribution in [1.29, 1.82) is 0 Å². The molecule has 6 aliphatic heterocycles. The molecule has 1 N–H and O–H groups in total. The zero-order chi connectivity index (χ0) is 42.2. The Balaban J connectivity index is 0.000000219. The number of halogens is 6. The van der Waals surface area contributed by atoms with Gasteiger partial charge < -0.3 is 29.1 Å². The lowest BCUT2D eigenvalue weighted by Gasteiger charge is -2.46. The number of amides is 4. The monoisotopic (exact) mass is 812 g/mol. The minimum Gasteiger partial charge on any atom is -0.457 e. The molecule has 0 aromatic rings. The zero-order valence-electron chi connectivity index (χ0n) is 33.2. The molecular formula is C37H54F6N4O9. The van der Waals surface area contributed by atoms with E-state index in [0.29, 0.717) is 25.7 Å². The minimum atomic E-state index is -4.64. The quantitative estimate of drug-likeness (QED) is 0.225. The first kappa shape index (κ1) is 43.6. The van der Waals surface area contributed by atoms with Gasteiger partial charge in [-0.1, -0.05) is 0 Å². The van der Waals surface area contributed by atoms with Crippen LogP contribution < -0.4 is 0 Å². The molecule has 10 atom stereocenters. The molecular weight excluding hydrogens is 758 g/mol. The number of alkyl halides is 6. The van der Waals surface area contributed by atoms with Crippen molar-refractivity contribution in [3.63, 3.8) is 0 Å². The number of carbonyl (C=O) groups is 5. The third-order valence-corrected chi connectivity index (χ3v) is 11.0. The van der Waals surface area contributed by atoms with Gasteiger partial charge in [-0.3, -0.25) is 24.2 Å². The normalized spacial score (nSPS) is 32.2. The lowest BCUT2D eigenvalue weighted by Crippen LogP contribution is -2.59. The van der Waals surface area contributed by atoms with Crippen molar-refractivity contribution in [2.24, 2.45) is 17.3 Å². The number of nitrogens with zero attached hydrogens (tertiary/aromatic N) is 4. The Morgan fingerprint density at radius 2 is 0.964 bits per heavy atom. The summed E-state index contributed by atoms with van der Waals surface area (Å²) in [5, 5.41) is 10.6. The highest BCUT2D eigenvalue weighted by atomic mass is 19.4. The van der Waals surface area contributed by atoms with Gasteiger partial charge in [0.1, 0.15) is 30.1 Å². The fourth-order valence-corrected chi connectivity index (χ4v) is 9.19. The molecule has 6 heterocycles. The van der Waals surface area contributed by atoms with Crippen LogP contribution in [0.2, 0.25) is 0 Å². The molecule has 4 unspecified atom stereocenters. The fraction of sp³-hybridized carbons (Fsp3) is 0.865. The minimum absolute atomic E-state index is 0.0146. The van der Waals surface area contributed by atoms with Crippen LogP contribution in [0.25, 0.3) is 0 Å². The van der Waals surface area contributed by atoms with E-state index in [1.807, 2.05) is 0 Å². The molecule has 6 saturated heterocycles. The standard InChI is InChI=1S/C21H31F3N2O5.C16H23F3N2O4/c1-19(2,3)17(28)30-16-13-8-11-7-12(26(13)18(29)31-20(4,5)6)15(16)25(10-11)14(27)9-21(22,23)24;1-15(2,3)25-14(24)21-9-4-8-5-10(21)13(23)12(9)20(7-8)11(22)6-16(17,18)19/h11-13,15-16H,7-10H2,1-6H3;8-10,12-13,23H,4-7H2,1-3H3/t11?,12-,13+,15?,16+;8?,9-,10+,12?,13+/m11/s1. The van der Waals surface area contributed by atoms with Crippen molar-refractivity contribution in [2.75, 3.05) is 13.1 Å². The Bertz CT molecular complexity index is 1550. The van der Waals surface area contributed by atoms with E-state index in [1.165, 1.54) is 14.7 Å². The van der Waals surface area contributed by atoms with E-state index >= 15 is 0 Å². The second-order valence-corrected chi connectivity index (χ2v) is 19.0. The third-order valence-electron chi connectivity index (χ3n) is 11.0. The van der Waals surface area contributed by atoms with Gasteiger partial charge in [-0.15, -0.1) is 0 Å². The van der Waals surface area contributed by atoms with E-state index in [-0.39, 0.29) is 24.9 Å². The number of carbonyl (C=O) groups excluding carboxylic acids is 5. The van der Waals surface area contributed by atoms with Crippen LogP contribution in [0, 0.1) is 17.3 Å². The van der Waals surface area contributed by atoms with Crippen LogP contribution in [0.15, 0.2) is 0 Å². The Labute approximate surface area is 322 Å². The van der Waals surface area contributed by atoms with Crippen LogP contribution >= 0.6 is 0 Å². The van der Waals surface area contributed by atoms with Gasteiger partial charge in [-0.2, -0.15) is 26.3 Å². The highest BCUT2D eigenvalue weighted by molar-refractivity contribution is 5.80. The molecule has 0 aliphatic carbocycles. The summed E-state index contributed by atoms with van der Waals surface area (Å²) in [4.78, 5) is 68.1. The number of fused-ring (bicyclic) bond motifs is 4. The summed E-state index contributed by atoms with van der Waals surface area (Å²) in [6.45, 7) is 15.7. The average molecular weight is 813 g/mol. The van der Waals surface area contributed by atoms with E-state index in [2.05, 4.69) is 0 Å². The molecule has 0 spiro atoms. The van der Waals surface area contributed by atoms with Gasteiger partial charge in [0.25, 0.3) is 0 Å². The van der Waals surface area contributed by atoms with Crippen LogP contribution in [0.5, 0.6) is 0 Å². The third kappa shape index (κ3) is 9.43. The second kappa shape index (κ2) is 14.7. The van der Waals surface area contributed by atoms with Crippen molar-refractivity contribution in [3.8, 4) is 0 Å². The molecule has 6 bridgehead atoms. The van der Waals surface area contributed by atoms with Gasteiger partial charge in [0.2, 0.25) is 11.8 Å². The van der Waals surface area contributed by atoms with Crippen LogP contribution in [0.4, 0.5) is 35.9 Å². The molecule has 0 aromatic heterocycles. The van der Waals surface area contributed by atoms with E-state index in [4.69, 9.17) is 14.2 Å². The number of hydrogen-bond donors (Lipinski definition) is 1. The summed E-state index contributed by atoms with van der Waals surface area (Å²) >= 11 is 0. The van der Waals surface area contributed by atoms with Crippen molar-refractivity contribution in [1.82, 2.24) is 19.6 Å². The highest BCUT2D eigenvalue weighted by Gasteiger charge is 2.64. The van der Waals surface area contributed by atoms with Gasteiger partial charge in [-0.05, 0) is 99.8 Å². The number of hydrogen-bond acceptors (Lipinski definition) is 9. The van der Waals surface area contributed by atoms with Gasteiger partial charge in [0.05, 0.1) is 47.8 Å². The largest absolute Gasteiger partial charge is 0.457 e. The van der Waals surface area contributed by atoms with E-state index < -0.39 is 120 Å². The first-order chi connectivity index (χ1) is 25.3. The average Bonchev–Trinajstić information content (AvgIpc) is 3.16. The summed E-state index contributed by atoms with van der Waals surface area (Å²) < 4.78 is 93.4. The second-order valence-electron chi connectivity index (χ2n) is 19.0. The topological polar surface area (TPSA) is 146 Å². The number of rotatable bonds is 3. The van der Waals surface area contributed by atoms with Gasteiger partial charge in [-0.25, -0.2) is 9.59 Å². The molecule has 6 fully saturated rings. The molecule has 318 valence electrons. The SMILES string of the molecule is CC(C)(C)OC(=O)N1[C@@H]2CC3C[C@H]1[C@H](O)C2N(C(=O)CC(F)(F)F)C3.CC(C)(C)OC(=O)N1[C@@H]2CC3C[C@H]1[C@H](OC(=O)C(C)(C)C)C2N(C(=O)CC(F)(F)F)C3. The summed E-state index contributed by atoms with van der Waals surface area (Å²) in [5.74, 6) is -2.71. The predicted molar refractivity (Wildman–Crippen MR) is 184 cm³/mol. The lowest BCUT2D eigenvalue weighted by atomic mass is 9.86. The van der Waals surface area contributed by atoms with Crippen LogP contribution in [-0.4, -0.2) is 140 Å². The number of aliphatic hydroxyl groups is 1. The summed E-state index contributed by atoms with van der Waals surface area (Å²) in [6.07, 6.45) is -13.5. The summed E-state index contributed by atoms with van der Waals surface area (Å²) in [5.41, 5.74) is -2.33. The highest BCUT2D eigenvalue weighted by Crippen LogP contribution is 2.49. The van der Waals surface area contributed by atoms with E-state index in [9.17, 15) is 55.4 Å². The maximum atomic E-state index is 13.0. The summed E-state index contributed by atoms with van der Waals surface area (Å²) in [7, 11) is 0. The Morgan fingerprint density at radius 3 is 1.38 bits per heavy atom. The van der Waals surface area contributed by atoms with Crippen LogP contribution in [0.1, 0.15) is 101 Å². The fourth-order valence-electron chi connectivity index (χ4n) is 9.19.